The Morgan fingerprint density at radius 3 is 2.56 bits per heavy atom. The van der Waals surface area contributed by atoms with E-state index in [1.165, 1.54) is 0 Å². The summed E-state index contributed by atoms with van der Waals surface area (Å²) in [7, 11) is 0. The Balaban J connectivity index is 2.16. The van der Waals surface area contributed by atoms with Crippen LogP contribution in [0.25, 0.3) is 0 Å². The van der Waals surface area contributed by atoms with Gasteiger partial charge in [-0.3, -0.25) is 4.79 Å². The Morgan fingerprint density at radius 2 is 2.00 bits per heavy atom. The van der Waals surface area contributed by atoms with Crippen LogP contribution in [0.2, 0.25) is 5.02 Å². The summed E-state index contributed by atoms with van der Waals surface area (Å²) in [5, 5.41) is 3.60. The van der Waals surface area contributed by atoms with Gasteiger partial charge in [0.1, 0.15) is 0 Å². The summed E-state index contributed by atoms with van der Waals surface area (Å²) in [6.45, 7) is 0. The first-order chi connectivity index (χ1) is 8.54. The van der Waals surface area contributed by atoms with Gasteiger partial charge in [0.2, 0.25) is 0 Å². The van der Waals surface area contributed by atoms with Crippen LogP contribution in [-0.4, -0.2) is 17.3 Å². The SMILES string of the molecule is O=C(NC1(CCl)CCCC1)c1cc(Cl)cc(Br)c1. The van der Waals surface area contributed by atoms with Gasteiger partial charge in [-0.2, -0.15) is 0 Å². The van der Waals surface area contributed by atoms with Crippen LogP contribution in [0.4, 0.5) is 0 Å². The molecule has 1 saturated carbocycles. The van der Waals surface area contributed by atoms with Crippen molar-refractivity contribution >= 4 is 45.0 Å². The van der Waals surface area contributed by atoms with Gasteiger partial charge < -0.3 is 5.32 Å². The van der Waals surface area contributed by atoms with Crippen molar-refractivity contribution in [1.82, 2.24) is 5.32 Å². The largest absolute Gasteiger partial charge is 0.345 e. The predicted octanol–water partition coefficient (Wildman–Crippen LogP) is 4.38. The summed E-state index contributed by atoms with van der Waals surface area (Å²) in [4.78, 5) is 12.2. The first-order valence-electron chi connectivity index (χ1n) is 5.89. The first-order valence-corrected chi connectivity index (χ1v) is 7.60. The van der Waals surface area contributed by atoms with Gasteiger partial charge in [0.15, 0.2) is 0 Å². The minimum Gasteiger partial charge on any atom is -0.345 e. The standard InChI is InChI=1S/C13H14BrCl2NO/c14-10-5-9(6-11(16)7-10)12(18)17-13(8-15)3-1-2-4-13/h5-7H,1-4,8H2,(H,17,18). The highest BCUT2D eigenvalue weighted by Gasteiger charge is 2.34. The molecule has 0 aliphatic heterocycles. The number of amides is 1. The molecule has 0 atom stereocenters. The third kappa shape index (κ3) is 3.19. The van der Waals surface area contributed by atoms with Crippen molar-refractivity contribution in [3.8, 4) is 0 Å². The lowest BCUT2D eigenvalue weighted by molar-refractivity contribution is 0.0909. The molecule has 1 N–H and O–H groups in total. The second kappa shape index (κ2) is 5.81. The molecule has 1 aliphatic carbocycles. The van der Waals surface area contributed by atoms with Crippen molar-refractivity contribution in [1.29, 1.82) is 0 Å². The quantitative estimate of drug-likeness (QED) is 0.805. The van der Waals surface area contributed by atoms with E-state index in [1.54, 1.807) is 18.2 Å². The van der Waals surface area contributed by atoms with Crippen LogP contribution in [0.15, 0.2) is 22.7 Å². The highest BCUT2D eigenvalue weighted by atomic mass is 79.9. The van der Waals surface area contributed by atoms with Crippen molar-refractivity contribution in [2.24, 2.45) is 0 Å². The molecule has 0 radical (unpaired) electrons. The summed E-state index contributed by atoms with van der Waals surface area (Å²) in [6.07, 6.45) is 4.13. The smallest absolute Gasteiger partial charge is 0.251 e. The maximum absolute atomic E-state index is 12.2. The van der Waals surface area contributed by atoms with E-state index < -0.39 is 0 Å². The molecule has 0 heterocycles. The zero-order valence-corrected chi connectivity index (χ0v) is 12.9. The van der Waals surface area contributed by atoms with Crippen LogP contribution in [0.5, 0.6) is 0 Å². The Kier molecular flexibility index (Phi) is 4.57. The molecule has 1 aromatic carbocycles. The summed E-state index contributed by atoms with van der Waals surface area (Å²) >= 11 is 15.3. The summed E-state index contributed by atoms with van der Waals surface area (Å²) in [5.74, 6) is 0.348. The lowest BCUT2D eigenvalue weighted by Gasteiger charge is -2.27. The van der Waals surface area contributed by atoms with Crippen molar-refractivity contribution in [3.05, 3.63) is 33.3 Å². The Labute approximate surface area is 125 Å². The third-order valence-corrected chi connectivity index (χ3v) is 4.51. The number of carbonyl (C=O) groups excluding carboxylic acids is 1. The second-order valence-corrected chi connectivity index (χ2v) is 6.35. The van der Waals surface area contributed by atoms with E-state index in [2.05, 4.69) is 21.2 Å². The topological polar surface area (TPSA) is 29.1 Å². The lowest BCUT2D eigenvalue weighted by atomic mass is 9.99. The van der Waals surface area contributed by atoms with Crippen molar-refractivity contribution in [3.63, 3.8) is 0 Å². The van der Waals surface area contributed by atoms with Gasteiger partial charge in [0.25, 0.3) is 5.91 Å². The van der Waals surface area contributed by atoms with Gasteiger partial charge >= 0.3 is 0 Å². The van der Waals surface area contributed by atoms with Crippen LogP contribution in [0.3, 0.4) is 0 Å². The number of hydrogen-bond acceptors (Lipinski definition) is 1. The van der Waals surface area contributed by atoms with Gasteiger partial charge in [-0.1, -0.05) is 40.4 Å². The second-order valence-electron chi connectivity index (χ2n) is 4.73. The Bertz CT molecular complexity index is 438. The van der Waals surface area contributed by atoms with E-state index >= 15 is 0 Å². The molecule has 2 rings (SSSR count). The Morgan fingerprint density at radius 1 is 1.33 bits per heavy atom. The molecule has 98 valence electrons. The summed E-state index contributed by atoms with van der Waals surface area (Å²) in [6, 6.07) is 5.18. The van der Waals surface area contributed by atoms with Crippen LogP contribution < -0.4 is 5.32 Å². The molecular formula is C13H14BrCl2NO. The number of rotatable bonds is 3. The molecule has 5 heteroatoms. The van der Waals surface area contributed by atoms with Gasteiger partial charge in [-0.25, -0.2) is 0 Å². The van der Waals surface area contributed by atoms with Crippen LogP contribution in [0.1, 0.15) is 36.0 Å². The minimum atomic E-state index is -0.243. The molecule has 1 amide bonds. The predicted molar refractivity (Wildman–Crippen MR) is 78.5 cm³/mol. The molecule has 0 saturated heterocycles. The van der Waals surface area contributed by atoms with Crippen molar-refractivity contribution in [2.45, 2.75) is 31.2 Å². The average molecular weight is 351 g/mol. The first kappa shape index (κ1) is 14.2. The van der Waals surface area contributed by atoms with Crippen LogP contribution in [-0.2, 0) is 0 Å². The molecule has 0 spiro atoms. The van der Waals surface area contributed by atoms with Gasteiger partial charge in [-0.15, -0.1) is 11.6 Å². The zero-order valence-electron chi connectivity index (χ0n) is 9.81. The summed E-state index contributed by atoms with van der Waals surface area (Å²) < 4.78 is 0.798. The molecule has 1 aromatic rings. The average Bonchev–Trinajstić information content (AvgIpc) is 2.77. The fraction of sp³-hybridized carbons (Fsp3) is 0.462. The minimum absolute atomic E-state index is 0.110. The molecule has 1 aliphatic rings. The Hall–Kier alpha value is -0.250. The van der Waals surface area contributed by atoms with E-state index in [1.807, 2.05) is 0 Å². The highest BCUT2D eigenvalue weighted by Crippen LogP contribution is 2.31. The van der Waals surface area contributed by atoms with Crippen molar-refractivity contribution in [2.75, 3.05) is 5.88 Å². The number of carbonyl (C=O) groups is 1. The number of benzene rings is 1. The molecule has 0 aromatic heterocycles. The fourth-order valence-corrected chi connectivity index (χ4v) is 3.54. The number of alkyl halides is 1. The monoisotopic (exact) mass is 349 g/mol. The van der Waals surface area contributed by atoms with Gasteiger partial charge in [-0.05, 0) is 31.0 Å². The van der Waals surface area contributed by atoms with Crippen LogP contribution >= 0.6 is 39.1 Å². The molecule has 0 bridgehead atoms. The number of halogens is 3. The summed E-state index contributed by atoms with van der Waals surface area (Å²) in [5.41, 5.74) is 0.318. The maximum atomic E-state index is 12.2. The molecule has 1 fully saturated rings. The number of nitrogens with one attached hydrogen (secondary N) is 1. The molecule has 18 heavy (non-hydrogen) atoms. The van der Waals surface area contributed by atoms with Crippen molar-refractivity contribution < 1.29 is 4.79 Å². The molecular weight excluding hydrogens is 337 g/mol. The zero-order chi connectivity index (χ0) is 13.2. The maximum Gasteiger partial charge on any atom is 0.251 e. The van der Waals surface area contributed by atoms with E-state index in [4.69, 9.17) is 23.2 Å². The molecule has 0 unspecified atom stereocenters. The van der Waals surface area contributed by atoms with Gasteiger partial charge in [0, 0.05) is 20.9 Å². The van der Waals surface area contributed by atoms with E-state index in [0.717, 1.165) is 30.2 Å². The van der Waals surface area contributed by atoms with E-state index in [0.29, 0.717) is 16.5 Å². The number of hydrogen-bond donors (Lipinski definition) is 1. The lowest BCUT2D eigenvalue weighted by Crippen LogP contribution is -2.47. The highest BCUT2D eigenvalue weighted by molar-refractivity contribution is 9.10. The fourth-order valence-electron chi connectivity index (χ4n) is 2.34. The van der Waals surface area contributed by atoms with E-state index in [9.17, 15) is 4.79 Å². The normalized spacial score (nSPS) is 17.7. The van der Waals surface area contributed by atoms with E-state index in [-0.39, 0.29) is 11.4 Å². The third-order valence-electron chi connectivity index (χ3n) is 3.32. The van der Waals surface area contributed by atoms with Crippen LogP contribution in [0, 0.1) is 0 Å². The van der Waals surface area contributed by atoms with Gasteiger partial charge in [0.05, 0.1) is 5.54 Å². The molecule has 2 nitrogen and oxygen atoms in total.